The average molecular weight is 621 g/mol. The average Bonchev–Trinajstić information content (AvgIpc) is 2.97. The van der Waals surface area contributed by atoms with Crippen molar-refractivity contribution in [2.45, 2.75) is 51.9 Å². The fraction of sp³-hybridized carbons (Fsp3) is 0.467. The highest BCUT2D eigenvalue weighted by Gasteiger charge is 2.46. The molecule has 12 nitrogen and oxygen atoms in total. The van der Waals surface area contributed by atoms with Crippen molar-refractivity contribution in [1.29, 1.82) is 0 Å². The zero-order valence-corrected chi connectivity index (χ0v) is 26.0. The van der Waals surface area contributed by atoms with Crippen molar-refractivity contribution in [3.63, 3.8) is 0 Å². The summed E-state index contributed by atoms with van der Waals surface area (Å²) in [6.45, 7) is 4.02. The molecule has 0 radical (unpaired) electrons. The van der Waals surface area contributed by atoms with Gasteiger partial charge in [0.25, 0.3) is 5.91 Å². The first kappa shape index (κ1) is 33.3. The Kier molecular flexibility index (Phi) is 11.5. The Balaban J connectivity index is 2.00. The predicted octanol–water partition coefficient (Wildman–Crippen LogP) is 3.04. The first-order valence-electron chi connectivity index (χ1n) is 13.5. The van der Waals surface area contributed by atoms with Crippen molar-refractivity contribution in [2.24, 2.45) is 0 Å². The van der Waals surface area contributed by atoms with Gasteiger partial charge in [-0.1, -0.05) is 11.6 Å². The number of fused-ring (bicyclic) bond motifs is 1. The molecule has 1 N–H and O–H groups in total. The largest absolute Gasteiger partial charge is 0.493 e. The second-order valence-corrected chi connectivity index (χ2v) is 10.2. The molecule has 0 unspecified atom stereocenters. The van der Waals surface area contributed by atoms with E-state index in [1.807, 2.05) is 0 Å². The van der Waals surface area contributed by atoms with Crippen molar-refractivity contribution in [1.82, 2.24) is 10.2 Å². The number of benzene rings is 2. The second kappa shape index (κ2) is 14.8. The maximum Gasteiger partial charge on any atom is 0.303 e. The van der Waals surface area contributed by atoms with Crippen LogP contribution < -0.4 is 24.3 Å². The van der Waals surface area contributed by atoms with E-state index in [9.17, 15) is 19.2 Å². The smallest absolute Gasteiger partial charge is 0.303 e. The molecule has 3 rings (SSSR count). The number of esters is 2. The highest BCUT2D eigenvalue weighted by molar-refractivity contribution is 6.31. The van der Waals surface area contributed by atoms with Gasteiger partial charge in [0.1, 0.15) is 0 Å². The summed E-state index contributed by atoms with van der Waals surface area (Å²) < 4.78 is 32.7. The highest BCUT2D eigenvalue weighted by Crippen LogP contribution is 2.41. The van der Waals surface area contributed by atoms with Gasteiger partial charge in [-0.05, 0) is 47.7 Å². The molecule has 0 aromatic heterocycles. The lowest BCUT2D eigenvalue weighted by Gasteiger charge is -2.42. The molecule has 234 valence electrons. The van der Waals surface area contributed by atoms with Crippen LogP contribution in [0, 0.1) is 0 Å². The lowest BCUT2D eigenvalue weighted by molar-refractivity contribution is -0.178. The second-order valence-electron chi connectivity index (χ2n) is 9.76. The number of nitrogens with zero attached hydrogens (tertiary/aromatic N) is 1. The minimum atomic E-state index is -1.60. The monoisotopic (exact) mass is 620 g/mol. The Morgan fingerprint density at radius 3 is 1.98 bits per heavy atom. The summed E-state index contributed by atoms with van der Waals surface area (Å²) in [6, 6.07) is 5.77. The van der Waals surface area contributed by atoms with Gasteiger partial charge in [0.05, 0.1) is 34.5 Å². The van der Waals surface area contributed by atoms with Crippen LogP contribution in [-0.2, 0) is 41.5 Å². The Morgan fingerprint density at radius 1 is 0.860 bits per heavy atom. The van der Waals surface area contributed by atoms with Crippen LogP contribution in [0.3, 0.4) is 0 Å². The van der Waals surface area contributed by atoms with Gasteiger partial charge in [0.15, 0.2) is 29.1 Å². The minimum Gasteiger partial charge on any atom is -0.493 e. The van der Waals surface area contributed by atoms with Crippen LogP contribution in [0.1, 0.15) is 43.5 Å². The maximum atomic E-state index is 13.6. The standard InChI is InChI=1S/C30H37ClN2O10/c1-16(34)33-11-9-19-12-23(38-4)25(40-6)14-21(19)27(33)28(42-17(2)35)29(43-18(3)36)30(37)32-10-8-20-13-24(39-5)26(41-7)15-22(20)31/h12-15,27-29H,8-11H2,1-7H3,(H,32,37)/t27-,28-,29+/m0/s1. The van der Waals surface area contributed by atoms with E-state index in [4.69, 9.17) is 40.0 Å². The van der Waals surface area contributed by atoms with Crippen molar-refractivity contribution in [3.8, 4) is 23.0 Å². The molecule has 1 heterocycles. The molecule has 0 spiro atoms. The molecule has 2 aromatic rings. The van der Waals surface area contributed by atoms with Crippen molar-refractivity contribution < 1.29 is 47.6 Å². The summed E-state index contributed by atoms with van der Waals surface area (Å²) in [7, 11) is 5.96. The zero-order chi connectivity index (χ0) is 31.8. The van der Waals surface area contributed by atoms with E-state index in [2.05, 4.69) is 5.32 Å². The Hall–Kier alpha value is -4.19. The number of rotatable bonds is 12. The molecule has 3 atom stereocenters. The summed E-state index contributed by atoms with van der Waals surface area (Å²) in [5.41, 5.74) is 2.03. The molecule has 1 aliphatic heterocycles. The van der Waals surface area contributed by atoms with Crippen LogP contribution >= 0.6 is 11.6 Å². The predicted molar refractivity (Wildman–Crippen MR) is 156 cm³/mol. The third kappa shape index (κ3) is 7.81. The summed E-state index contributed by atoms with van der Waals surface area (Å²) in [5, 5.41) is 3.15. The molecule has 43 heavy (non-hydrogen) atoms. The number of carbonyl (C=O) groups is 4. The van der Waals surface area contributed by atoms with E-state index < -0.39 is 36.1 Å². The van der Waals surface area contributed by atoms with Gasteiger partial charge in [-0.15, -0.1) is 0 Å². The number of amides is 2. The van der Waals surface area contributed by atoms with E-state index in [1.165, 1.54) is 47.2 Å². The van der Waals surface area contributed by atoms with Gasteiger partial charge in [-0.25, -0.2) is 0 Å². The Labute approximate surface area is 255 Å². The molecule has 0 bridgehead atoms. The van der Waals surface area contributed by atoms with Gasteiger partial charge in [-0.2, -0.15) is 0 Å². The quantitative estimate of drug-likeness (QED) is 0.352. The molecular weight excluding hydrogens is 584 g/mol. The fourth-order valence-corrected chi connectivity index (χ4v) is 5.37. The lowest BCUT2D eigenvalue weighted by Crippen LogP contribution is -2.55. The van der Waals surface area contributed by atoms with E-state index in [1.54, 1.807) is 24.3 Å². The summed E-state index contributed by atoms with van der Waals surface area (Å²) >= 11 is 6.40. The number of methoxy groups -OCH3 is 4. The van der Waals surface area contributed by atoms with Gasteiger partial charge in [-0.3, -0.25) is 19.2 Å². The van der Waals surface area contributed by atoms with Crippen molar-refractivity contribution in [3.05, 3.63) is 46.0 Å². The number of hydrogen-bond acceptors (Lipinski definition) is 10. The fourth-order valence-electron chi connectivity index (χ4n) is 5.13. The normalized spacial score (nSPS) is 15.3. The summed E-state index contributed by atoms with van der Waals surface area (Å²) in [5.74, 6) is -0.797. The van der Waals surface area contributed by atoms with E-state index in [-0.39, 0.29) is 19.0 Å². The minimum absolute atomic E-state index is 0.0846. The van der Waals surface area contributed by atoms with Crippen LogP contribution in [0.25, 0.3) is 0 Å². The third-order valence-corrected chi connectivity index (χ3v) is 7.39. The number of hydrogen-bond donors (Lipinski definition) is 1. The first-order chi connectivity index (χ1) is 20.4. The third-order valence-electron chi connectivity index (χ3n) is 7.04. The summed E-state index contributed by atoms with van der Waals surface area (Å²) in [4.78, 5) is 52.6. The molecule has 2 aromatic carbocycles. The van der Waals surface area contributed by atoms with Crippen LogP contribution in [0.2, 0.25) is 5.02 Å². The van der Waals surface area contributed by atoms with Gasteiger partial charge in [0, 0.05) is 44.9 Å². The molecular formula is C30H37ClN2O10. The van der Waals surface area contributed by atoms with E-state index in [0.29, 0.717) is 52.0 Å². The van der Waals surface area contributed by atoms with Gasteiger partial charge >= 0.3 is 11.9 Å². The van der Waals surface area contributed by atoms with Gasteiger partial charge in [0.2, 0.25) is 12.0 Å². The maximum absolute atomic E-state index is 13.6. The molecule has 0 saturated carbocycles. The molecule has 0 saturated heterocycles. The summed E-state index contributed by atoms with van der Waals surface area (Å²) in [6.07, 6.45) is -2.24. The SMILES string of the molecule is COc1cc(Cl)c(CCNC(=O)[C@H](OC(C)=O)[C@@H](OC(C)=O)[C@@H]2c3cc(OC)c(OC)cc3CCN2C(C)=O)cc1OC. The van der Waals surface area contributed by atoms with Crippen LogP contribution in [0.15, 0.2) is 24.3 Å². The molecule has 1 aliphatic rings. The van der Waals surface area contributed by atoms with E-state index in [0.717, 1.165) is 12.5 Å². The number of ether oxygens (including phenoxy) is 6. The molecule has 0 aliphatic carbocycles. The molecule has 2 amide bonds. The van der Waals surface area contributed by atoms with Crippen LogP contribution in [-0.4, -0.2) is 82.4 Å². The lowest BCUT2D eigenvalue weighted by atomic mass is 9.86. The van der Waals surface area contributed by atoms with Crippen molar-refractivity contribution in [2.75, 3.05) is 41.5 Å². The number of nitrogens with one attached hydrogen (secondary N) is 1. The molecule has 13 heteroatoms. The van der Waals surface area contributed by atoms with Crippen LogP contribution in [0.4, 0.5) is 0 Å². The topological polar surface area (TPSA) is 139 Å². The number of halogens is 1. The molecule has 0 fully saturated rings. The zero-order valence-electron chi connectivity index (χ0n) is 25.3. The van der Waals surface area contributed by atoms with E-state index >= 15 is 0 Å². The van der Waals surface area contributed by atoms with Crippen LogP contribution in [0.5, 0.6) is 23.0 Å². The van der Waals surface area contributed by atoms with Gasteiger partial charge < -0.3 is 38.6 Å². The highest BCUT2D eigenvalue weighted by atomic mass is 35.5. The number of carbonyl (C=O) groups excluding carboxylic acids is 4. The Bertz CT molecular complexity index is 1360. The first-order valence-corrected chi connectivity index (χ1v) is 13.9. The Morgan fingerprint density at radius 2 is 1.42 bits per heavy atom. The van der Waals surface area contributed by atoms with Crippen molar-refractivity contribution >= 4 is 35.4 Å².